The lowest BCUT2D eigenvalue weighted by Crippen LogP contribution is -2.18. The second kappa shape index (κ2) is 7.74. The van der Waals surface area contributed by atoms with E-state index in [0.29, 0.717) is 0 Å². The van der Waals surface area contributed by atoms with Crippen molar-refractivity contribution < 1.29 is 0 Å². The fourth-order valence-corrected chi connectivity index (χ4v) is 2.29. The molecule has 1 aromatic carbocycles. The minimum Gasteiger partial charge on any atom is -0.344 e. The highest BCUT2D eigenvalue weighted by atomic mass is 15.1. The summed E-state index contributed by atoms with van der Waals surface area (Å²) in [6, 6.07) is 8.50. The molecule has 0 saturated carbocycles. The number of benzene rings is 1. The summed E-state index contributed by atoms with van der Waals surface area (Å²) in [6.07, 6.45) is 6.44. The van der Waals surface area contributed by atoms with Gasteiger partial charge < -0.3 is 4.90 Å². The quantitative estimate of drug-likeness (QED) is 0.589. The van der Waals surface area contributed by atoms with Gasteiger partial charge in [0.1, 0.15) is 0 Å². The van der Waals surface area contributed by atoms with Crippen molar-refractivity contribution in [2.24, 2.45) is 0 Å². The Hall–Kier alpha value is -1.76. The van der Waals surface area contributed by atoms with Crippen molar-refractivity contribution in [3.63, 3.8) is 0 Å². The zero-order valence-corrected chi connectivity index (χ0v) is 13.5. The van der Waals surface area contributed by atoms with Gasteiger partial charge in [0, 0.05) is 24.0 Å². The molecule has 0 aliphatic carbocycles. The maximum Gasteiger partial charge on any atom is 0.0484 e. The molecule has 0 aromatic heterocycles. The Kier molecular flexibility index (Phi) is 6.30. The SMILES string of the molecule is C=C(CC)c1ccccc1N(C)C(=C/CC)/C(C)=C\C. The molecule has 1 rings (SSSR count). The molecule has 0 atom stereocenters. The van der Waals surface area contributed by atoms with Gasteiger partial charge in [0.05, 0.1) is 0 Å². The standard InChI is InChI=1S/C19H27N/c1-7-12-18(16(5)9-3)20(6)19-14-11-10-13-17(19)15(4)8-2/h9-14H,4,7-8H2,1-3,5-6H3/b16-9-,18-12+. The van der Waals surface area contributed by atoms with Crippen LogP contribution in [0.1, 0.15) is 46.1 Å². The first-order valence-electron chi connectivity index (χ1n) is 7.41. The van der Waals surface area contributed by atoms with Crippen molar-refractivity contribution in [2.45, 2.75) is 40.5 Å². The first kappa shape index (κ1) is 16.3. The zero-order valence-electron chi connectivity index (χ0n) is 13.5. The average Bonchev–Trinajstić information content (AvgIpc) is 2.50. The monoisotopic (exact) mass is 269 g/mol. The molecule has 0 N–H and O–H groups in total. The molecular formula is C19H27N. The van der Waals surface area contributed by atoms with E-state index in [1.807, 2.05) is 0 Å². The van der Waals surface area contributed by atoms with Crippen LogP contribution in [-0.4, -0.2) is 7.05 Å². The van der Waals surface area contributed by atoms with Crippen LogP contribution < -0.4 is 4.90 Å². The lowest BCUT2D eigenvalue weighted by atomic mass is 10.0. The maximum atomic E-state index is 4.20. The number of anilines is 1. The molecule has 0 radical (unpaired) electrons. The molecule has 1 nitrogen and oxygen atoms in total. The molecule has 0 heterocycles. The number of rotatable bonds is 6. The van der Waals surface area contributed by atoms with Crippen molar-refractivity contribution in [2.75, 3.05) is 11.9 Å². The summed E-state index contributed by atoms with van der Waals surface area (Å²) >= 11 is 0. The van der Waals surface area contributed by atoms with Gasteiger partial charge in [0.15, 0.2) is 0 Å². The van der Waals surface area contributed by atoms with Crippen molar-refractivity contribution in [3.05, 3.63) is 59.8 Å². The van der Waals surface area contributed by atoms with Crippen LogP contribution in [0.25, 0.3) is 5.57 Å². The van der Waals surface area contributed by atoms with Gasteiger partial charge in [0.2, 0.25) is 0 Å². The maximum absolute atomic E-state index is 4.20. The molecule has 0 aliphatic heterocycles. The van der Waals surface area contributed by atoms with Crippen LogP contribution in [0.4, 0.5) is 5.69 Å². The van der Waals surface area contributed by atoms with Gasteiger partial charge in [-0.15, -0.1) is 0 Å². The van der Waals surface area contributed by atoms with Gasteiger partial charge in [-0.3, -0.25) is 0 Å². The molecule has 20 heavy (non-hydrogen) atoms. The second-order valence-corrected chi connectivity index (χ2v) is 5.00. The Bertz CT molecular complexity index is 520. The van der Waals surface area contributed by atoms with Gasteiger partial charge in [-0.05, 0) is 43.9 Å². The van der Waals surface area contributed by atoms with Gasteiger partial charge in [0.25, 0.3) is 0 Å². The molecular weight excluding hydrogens is 242 g/mol. The first-order valence-corrected chi connectivity index (χ1v) is 7.41. The van der Waals surface area contributed by atoms with E-state index in [-0.39, 0.29) is 0 Å². The molecule has 0 aliphatic rings. The third-order valence-corrected chi connectivity index (χ3v) is 3.67. The number of hydrogen-bond donors (Lipinski definition) is 0. The molecule has 108 valence electrons. The number of nitrogens with zero attached hydrogens (tertiary/aromatic N) is 1. The Morgan fingerprint density at radius 3 is 2.45 bits per heavy atom. The van der Waals surface area contributed by atoms with Crippen molar-refractivity contribution >= 4 is 11.3 Å². The van der Waals surface area contributed by atoms with Crippen molar-refractivity contribution in [1.82, 2.24) is 0 Å². The van der Waals surface area contributed by atoms with E-state index in [4.69, 9.17) is 0 Å². The number of hydrogen-bond acceptors (Lipinski definition) is 1. The minimum atomic E-state index is 0.972. The Morgan fingerprint density at radius 1 is 1.25 bits per heavy atom. The Labute approximate surface area is 124 Å². The summed E-state index contributed by atoms with van der Waals surface area (Å²) in [6.45, 7) is 12.8. The van der Waals surface area contributed by atoms with Crippen LogP contribution in [0.5, 0.6) is 0 Å². The highest BCUT2D eigenvalue weighted by Crippen LogP contribution is 2.31. The molecule has 0 bridgehead atoms. The molecule has 0 fully saturated rings. The largest absolute Gasteiger partial charge is 0.344 e. The highest BCUT2D eigenvalue weighted by Gasteiger charge is 2.13. The Balaban J connectivity index is 3.29. The lowest BCUT2D eigenvalue weighted by Gasteiger charge is -2.26. The fourth-order valence-electron chi connectivity index (χ4n) is 2.29. The lowest BCUT2D eigenvalue weighted by molar-refractivity contribution is 1.05. The van der Waals surface area contributed by atoms with Crippen LogP contribution in [0.3, 0.4) is 0 Å². The fraction of sp³-hybridized carbons (Fsp3) is 0.368. The van der Waals surface area contributed by atoms with E-state index in [2.05, 4.69) is 82.6 Å². The van der Waals surface area contributed by atoms with Gasteiger partial charge in [-0.25, -0.2) is 0 Å². The number of para-hydroxylation sites is 1. The van der Waals surface area contributed by atoms with E-state index in [1.54, 1.807) is 0 Å². The number of allylic oxidation sites excluding steroid dienone is 4. The van der Waals surface area contributed by atoms with Gasteiger partial charge in [-0.2, -0.15) is 0 Å². The van der Waals surface area contributed by atoms with Crippen LogP contribution in [0, 0.1) is 0 Å². The molecule has 0 saturated heterocycles. The minimum absolute atomic E-state index is 0.972. The summed E-state index contributed by atoms with van der Waals surface area (Å²) in [7, 11) is 2.14. The van der Waals surface area contributed by atoms with E-state index in [1.165, 1.54) is 28.1 Å². The van der Waals surface area contributed by atoms with E-state index in [0.717, 1.165) is 12.8 Å². The van der Waals surface area contributed by atoms with Gasteiger partial charge >= 0.3 is 0 Å². The molecule has 0 spiro atoms. The van der Waals surface area contributed by atoms with Crippen LogP contribution in [0.2, 0.25) is 0 Å². The first-order chi connectivity index (χ1) is 9.56. The predicted octanol–water partition coefficient (Wildman–Crippen LogP) is 5.81. The molecule has 1 heteroatoms. The Morgan fingerprint density at radius 2 is 1.90 bits per heavy atom. The molecule has 0 amide bonds. The smallest absolute Gasteiger partial charge is 0.0484 e. The van der Waals surface area contributed by atoms with Crippen molar-refractivity contribution in [1.29, 1.82) is 0 Å². The summed E-state index contributed by atoms with van der Waals surface area (Å²) < 4.78 is 0. The second-order valence-electron chi connectivity index (χ2n) is 5.00. The van der Waals surface area contributed by atoms with E-state index in [9.17, 15) is 0 Å². The molecule has 1 aromatic rings. The summed E-state index contributed by atoms with van der Waals surface area (Å²) in [5.41, 5.74) is 6.21. The summed E-state index contributed by atoms with van der Waals surface area (Å²) in [4.78, 5) is 2.27. The molecule has 0 unspecified atom stereocenters. The van der Waals surface area contributed by atoms with Crippen molar-refractivity contribution in [3.8, 4) is 0 Å². The highest BCUT2D eigenvalue weighted by molar-refractivity contribution is 5.77. The van der Waals surface area contributed by atoms with E-state index < -0.39 is 0 Å². The van der Waals surface area contributed by atoms with Gasteiger partial charge in [-0.1, -0.05) is 50.8 Å². The van der Waals surface area contributed by atoms with Crippen LogP contribution in [-0.2, 0) is 0 Å². The predicted molar refractivity (Wildman–Crippen MR) is 92.0 cm³/mol. The van der Waals surface area contributed by atoms with Crippen LogP contribution in [0.15, 0.2) is 54.3 Å². The number of likely N-dealkylation sites (N-methyl/N-ethyl adjacent to an activating group) is 1. The average molecular weight is 269 g/mol. The third kappa shape index (κ3) is 3.63. The topological polar surface area (TPSA) is 3.24 Å². The van der Waals surface area contributed by atoms with Crippen LogP contribution >= 0.6 is 0 Å². The third-order valence-electron chi connectivity index (χ3n) is 3.67. The normalized spacial score (nSPS) is 12.4. The van der Waals surface area contributed by atoms with E-state index >= 15 is 0 Å². The summed E-state index contributed by atoms with van der Waals surface area (Å²) in [5, 5.41) is 0. The zero-order chi connectivity index (χ0) is 15.1. The summed E-state index contributed by atoms with van der Waals surface area (Å²) in [5.74, 6) is 0.